The molecule has 1 N–H and O–H groups in total. The number of nitrogens with zero attached hydrogens (tertiary/aromatic N) is 2. The van der Waals surface area contributed by atoms with Crippen LogP contribution in [-0.4, -0.2) is 33.9 Å². The van der Waals surface area contributed by atoms with Gasteiger partial charge in [-0.15, -0.1) is 0 Å². The molecule has 0 unspecified atom stereocenters. The fraction of sp³-hybridized carbons (Fsp3) is 0.375. The smallest absolute Gasteiger partial charge is 0.358 e. The van der Waals surface area contributed by atoms with Crippen molar-refractivity contribution in [3.8, 4) is 0 Å². The second-order valence-electron chi connectivity index (χ2n) is 2.71. The van der Waals surface area contributed by atoms with Crippen molar-refractivity contribution in [2.75, 3.05) is 7.11 Å². The van der Waals surface area contributed by atoms with E-state index >= 15 is 0 Å². The van der Waals surface area contributed by atoms with E-state index < -0.39 is 11.9 Å². The number of rotatable bonds is 3. The fourth-order valence-electron chi connectivity index (χ4n) is 1.03. The van der Waals surface area contributed by atoms with Gasteiger partial charge in [-0.25, -0.2) is 4.79 Å². The summed E-state index contributed by atoms with van der Waals surface area (Å²) in [5.41, 5.74) is 0.573. The van der Waals surface area contributed by atoms with Crippen LogP contribution in [0.1, 0.15) is 16.2 Å². The van der Waals surface area contributed by atoms with Crippen molar-refractivity contribution in [2.24, 2.45) is 7.05 Å². The largest absolute Gasteiger partial charge is 0.481 e. The first-order valence-corrected chi connectivity index (χ1v) is 3.87. The molecule has 0 spiro atoms. The third-order valence-corrected chi connectivity index (χ3v) is 1.70. The number of carbonyl (C=O) groups excluding carboxylic acids is 1. The lowest BCUT2D eigenvalue weighted by molar-refractivity contribution is -0.136. The van der Waals surface area contributed by atoms with Gasteiger partial charge in [-0.1, -0.05) is 0 Å². The molecular formula is C8H10N2O4. The van der Waals surface area contributed by atoms with Gasteiger partial charge in [0.2, 0.25) is 0 Å². The van der Waals surface area contributed by atoms with Gasteiger partial charge in [-0.2, -0.15) is 5.10 Å². The molecule has 0 saturated carbocycles. The number of hydrogen-bond donors (Lipinski definition) is 1. The SMILES string of the molecule is COC(=O)c1cc(CC(=O)O)n(C)n1. The summed E-state index contributed by atoms with van der Waals surface area (Å²) in [6.45, 7) is 0. The van der Waals surface area contributed by atoms with Gasteiger partial charge in [-0.05, 0) is 6.07 Å². The summed E-state index contributed by atoms with van der Waals surface area (Å²) in [6.07, 6.45) is -0.166. The van der Waals surface area contributed by atoms with Crippen molar-refractivity contribution in [3.05, 3.63) is 17.5 Å². The first kappa shape index (κ1) is 10.2. The molecule has 14 heavy (non-hydrogen) atoms. The second-order valence-corrected chi connectivity index (χ2v) is 2.71. The number of carboxylic acid groups (broad SMARTS) is 1. The Hall–Kier alpha value is -1.85. The number of aryl methyl sites for hydroxylation is 1. The van der Waals surface area contributed by atoms with E-state index in [9.17, 15) is 9.59 Å². The van der Waals surface area contributed by atoms with Crippen LogP contribution in [0.5, 0.6) is 0 Å². The van der Waals surface area contributed by atoms with E-state index in [1.54, 1.807) is 7.05 Å². The van der Waals surface area contributed by atoms with E-state index in [2.05, 4.69) is 9.84 Å². The zero-order valence-corrected chi connectivity index (χ0v) is 7.85. The first-order chi connectivity index (χ1) is 6.54. The molecular weight excluding hydrogens is 188 g/mol. The standard InChI is InChI=1S/C8H10N2O4/c1-10-5(4-7(11)12)3-6(9-10)8(13)14-2/h3H,4H2,1-2H3,(H,11,12). The van der Waals surface area contributed by atoms with E-state index in [1.807, 2.05) is 0 Å². The van der Waals surface area contributed by atoms with Gasteiger partial charge in [0.05, 0.1) is 19.2 Å². The molecule has 6 nitrogen and oxygen atoms in total. The van der Waals surface area contributed by atoms with Crippen LogP contribution in [0.15, 0.2) is 6.07 Å². The van der Waals surface area contributed by atoms with Gasteiger partial charge in [0.15, 0.2) is 5.69 Å². The monoisotopic (exact) mass is 198 g/mol. The van der Waals surface area contributed by atoms with Crippen molar-refractivity contribution >= 4 is 11.9 Å². The lowest BCUT2D eigenvalue weighted by atomic mass is 10.3. The molecule has 0 fully saturated rings. The van der Waals surface area contributed by atoms with Crippen LogP contribution in [0, 0.1) is 0 Å². The lowest BCUT2D eigenvalue weighted by Crippen LogP contribution is -2.06. The number of carboxylic acids is 1. The molecule has 0 aliphatic carbocycles. The summed E-state index contributed by atoms with van der Waals surface area (Å²) in [4.78, 5) is 21.4. The number of esters is 1. The molecule has 0 aliphatic heterocycles. The second kappa shape index (κ2) is 3.91. The molecule has 76 valence electrons. The maximum absolute atomic E-state index is 11.0. The van der Waals surface area contributed by atoms with Crippen LogP contribution in [0.4, 0.5) is 0 Å². The highest BCUT2D eigenvalue weighted by molar-refractivity contribution is 5.87. The van der Waals surface area contributed by atoms with Crippen LogP contribution in [0.25, 0.3) is 0 Å². The van der Waals surface area contributed by atoms with Crippen LogP contribution < -0.4 is 0 Å². The topological polar surface area (TPSA) is 81.4 Å². The normalized spacial score (nSPS) is 9.86. The molecule has 0 aliphatic rings. The minimum absolute atomic E-state index is 0.117. The maximum atomic E-state index is 11.0. The third kappa shape index (κ3) is 2.09. The van der Waals surface area contributed by atoms with Crippen molar-refractivity contribution in [1.82, 2.24) is 9.78 Å². The van der Waals surface area contributed by atoms with Crippen LogP contribution in [0.3, 0.4) is 0 Å². The summed E-state index contributed by atoms with van der Waals surface area (Å²) >= 11 is 0. The Morgan fingerprint density at radius 1 is 1.64 bits per heavy atom. The van der Waals surface area contributed by atoms with Crippen LogP contribution >= 0.6 is 0 Å². The Morgan fingerprint density at radius 2 is 2.29 bits per heavy atom. The number of aromatic nitrogens is 2. The Balaban J connectivity index is 2.93. The number of carbonyl (C=O) groups is 2. The van der Waals surface area contributed by atoms with E-state index in [0.29, 0.717) is 5.69 Å². The van der Waals surface area contributed by atoms with Gasteiger partial charge < -0.3 is 9.84 Å². The molecule has 1 aromatic rings. The number of aliphatic carboxylic acids is 1. The molecule has 0 amide bonds. The Bertz CT molecular complexity index is 369. The van der Waals surface area contributed by atoms with E-state index in [1.165, 1.54) is 17.9 Å². The Kier molecular flexibility index (Phi) is 2.85. The summed E-state index contributed by atoms with van der Waals surface area (Å²) in [5, 5.41) is 12.4. The highest BCUT2D eigenvalue weighted by atomic mass is 16.5. The molecule has 1 rings (SSSR count). The quantitative estimate of drug-likeness (QED) is 0.682. The summed E-state index contributed by atoms with van der Waals surface area (Å²) < 4.78 is 5.79. The zero-order chi connectivity index (χ0) is 10.7. The summed E-state index contributed by atoms with van der Waals surface area (Å²) in [6, 6.07) is 1.40. The molecule has 0 saturated heterocycles. The molecule has 0 bridgehead atoms. The lowest BCUT2D eigenvalue weighted by Gasteiger charge is -1.94. The average molecular weight is 198 g/mol. The Morgan fingerprint density at radius 3 is 2.79 bits per heavy atom. The average Bonchev–Trinajstić information content (AvgIpc) is 2.46. The zero-order valence-electron chi connectivity index (χ0n) is 7.85. The van der Waals surface area contributed by atoms with Crippen LogP contribution in [0.2, 0.25) is 0 Å². The minimum atomic E-state index is -0.968. The van der Waals surface area contributed by atoms with Crippen molar-refractivity contribution in [3.63, 3.8) is 0 Å². The van der Waals surface area contributed by atoms with Gasteiger partial charge in [0.25, 0.3) is 0 Å². The van der Waals surface area contributed by atoms with Gasteiger partial charge >= 0.3 is 11.9 Å². The highest BCUT2D eigenvalue weighted by Gasteiger charge is 2.14. The summed E-state index contributed by atoms with van der Waals surface area (Å²) in [5.74, 6) is -1.54. The van der Waals surface area contributed by atoms with E-state index in [4.69, 9.17) is 5.11 Å². The van der Waals surface area contributed by atoms with Gasteiger partial charge in [-0.3, -0.25) is 9.48 Å². The maximum Gasteiger partial charge on any atom is 0.358 e. The number of ether oxygens (including phenoxy) is 1. The fourth-order valence-corrected chi connectivity index (χ4v) is 1.03. The predicted molar refractivity (Wildman–Crippen MR) is 45.9 cm³/mol. The molecule has 0 radical (unpaired) electrons. The molecule has 1 aromatic heterocycles. The predicted octanol–water partition coefficient (Wildman–Crippen LogP) is -0.166. The van der Waals surface area contributed by atoms with Crippen LogP contribution in [-0.2, 0) is 23.0 Å². The minimum Gasteiger partial charge on any atom is -0.481 e. The van der Waals surface area contributed by atoms with Gasteiger partial charge in [0.1, 0.15) is 0 Å². The van der Waals surface area contributed by atoms with E-state index in [-0.39, 0.29) is 12.1 Å². The number of hydrogen-bond acceptors (Lipinski definition) is 4. The molecule has 6 heteroatoms. The molecule has 1 heterocycles. The summed E-state index contributed by atoms with van der Waals surface area (Å²) in [7, 11) is 2.82. The number of methoxy groups -OCH3 is 1. The van der Waals surface area contributed by atoms with Crippen molar-refractivity contribution in [2.45, 2.75) is 6.42 Å². The Labute approximate surface area is 80.1 Å². The molecule has 0 aromatic carbocycles. The van der Waals surface area contributed by atoms with E-state index in [0.717, 1.165) is 0 Å². The third-order valence-electron chi connectivity index (χ3n) is 1.70. The molecule has 0 atom stereocenters. The first-order valence-electron chi connectivity index (χ1n) is 3.87. The van der Waals surface area contributed by atoms with Crippen molar-refractivity contribution in [1.29, 1.82) is 0 Å². The highest BCUT2D eigenvalue weighted by Crippen LogP contribution is 2.05. The van der Waals surface area contributed by atoms with Gasteiger partial charge in [0, 0.05) is 7.05 Å². The van der Waals surface area contributed by atoms with Crippen molar-refractivity contribution < 1.29 is 19.4 Å².